The number of halogens is 7. The van der Waals surface area contributed by atoms with Crippen molar-refractivity contribution in [1.29, 1.82) is 0 Å². The molecular weight excluding hydrogens is 427 g/mol. The number of allylic oxidation sites excluding steroid dienone is 1. The van der Waals surface area contributed by atoms with Crippen molar-refractivity contribution in [3.05, 3.63) is 53.9 Å². The Morgan fingerprint density at radius 3 is 2.50 bits per heavy atom. The summed E-state index contributed by atoms with van der Waals surface area (Å²) in [4.78, 5) is 3.23. The molecule has 0 amide bonds. The third-order valence-corrected chi connectivity index (χ3v) is 4.17. The van der Waals surface area contributed by atoms with E-state index in [9.17, 15) is 27.1 Å². The zero-order valence-corrected chi connectivity index (χ0v) is 14.7. The summed E-state index contributed by atoms with van der Waals surface area (Å²) in [6.07, 6.45) is -5.18. The minimum Gasteiger partial charge on any atom is -0.377 e. The molecule has 0 fully saturated rings. The molecule has 1 aliphatic rings. The van der Waals surface area contributed by atoms with Crippen molar-refractivity contribution in [1.82, 2.24) is 20.2 Å². The third-order valence-electron chi connectivity index (χ3n) is 4.17. The summed E-state index contributed by atoms with van der Waals surface area (Å²) in [5.41, 5.74) is -5.80. The van der Waals surface area contributed by atoms with E-state index < -0.39 is 60.0 Å². The molecule has 3 rings (SSSR count). The Morgan fingerprint density at radius 1 is 1.17 bits per heavy atom. The first kappa shape index (κ1) is 21.8. The fourth-order valence-corrected chi connectivity index (χ4v) is 2.84. The number of aliphatic hydroxyl groups is 1. The monoisotopic (exact) mass is 439 g/mol. The van der Waals surface area contributed by atoms with E-state index in [0.29, 0.717) is 22.9 Å². The second-order valence-electron chi connectivity index (χ2n) is 6.24. The van der Waals surface area contributed by atoms with Crippen LogP contribution in [0.5, 0.6) is 0 Å². The van der Waals surface area contributed by atoms with Gasteiger partial charge in [-0.1, -0.05) is 6.08 Å². The molecule has 1 aromatic heterocycles. The minimum atomic E-state index is -5.15. The molecule has 2 heterocycles. The van der Waals surface area contributed by atoms with Gasteiger partial charge in [0.15, 0.2) is 11.8 Å². The van der Waals surface area contributed by atoms with Crippen LogP contribution in [0.3, 0.4) is 0 Å². The SMILES string of the molecule is O[C@@](Cn1cnnn1)(c1ccc(F)cc1F)C(F)(F)C1=NC(OC(F)(F)F)CC=C1. The molecule has 0 saturated heterocycles. The quantitative estimate of drug-likeness (QED) is 0.700. The molecule has 30 heavy (non-hydrogen) atoms. The number of aromatic nitrogens is 4. The summed E-state index contributed by atoms with van der Waals surface area (Å²) in [6.45, 7) is -1.13. The number of nitrogens with zero attached hydrogens (tertiary/aromatic N) is 5. The first-order valence-electron chi connectivity index (χ1n) is 8.18. The van der Waals surface area contributed by atoms with E-state index in [1.165, 1.54) is 0 Å². The second kappa shape index (κ2) is 7.75. The molecule has 0 radical (unpaired) electrons. The van der Waals surface area contributed by atoms with Gasteiger partial charge in [0.1, 0.15) is 23.7 Å². The van der Waals surface area contributed by atoms with Crippen LogP contribution in [-0.2, 0) is 16.9 Å². The summed E-state index contributed by atoms with van der Waals surface area (Å²) in [7, 11) is 0. The first-order chi connectivity index (χ1) is 13.9. The van der Waals surface area contributed by atoms with Crippen LogP contribution >= 0.6 is 0 Å². The number of aliphatic imine (C=N–C) groups is 1. The summed E-state index contributed by atoms with van der Waals surface area (Å²) in [6, 6.07) is 1.48. The van der Waals surface area contributed by atoms with Gasteiger partial charge in [-0.3, -0.25) is 9.73 Å². The van der Waals surface area contributed by atoms with Crippen LogP contribution < -0.4 is 0 Å². The molecule has 162 valence electrons. The van der Waals surface area contributed by atoms with Crippen molar-refractivity contribution in [2.75, 3.05) is 0 Å². The van der Waals surface area contributed by atoms with E-state index in [2.05, 4.69) is 25.3 Å². The van der Waals surface area contributed by atoms with Crippen LogP contribution in [0.2, 0.25) is 0 Å². The maximum absolute atomic E-state index is 15.4. The fourth-order valence-electron chi connectivity index (χ4n) is 2.84. The van der Waals surface area contributed by atoms with Gasteiger partial charge in [-0.05, 0) is 28.6 Å². The van der Waals surface area contributed by atoms with E-state index in [1.807, 2.05) is 0 Å². The predicted molar refractivity (Wildman–Crippen MR) is 85.1 cm³/mol. The lowest BCUT2D eigenvalue weighted by Gasteiger charge is -2.37. The van der Waals surface area contributed by atoms with Crippen molar-refractivity contribution in [2.45, 2.75) is 37.1 Å². The molecule has 14 heteroatoms. The van der Waals surface area contributed by atoms with Crippen LogP contribution in [0, 0.1) is 11.6 Å². The zero-order valence-electron chi connectivity index (χ0n) is 14.7. The average Bonchev–Trinajstić information content (AvgIpc) is 3.13. The van der Waals surface area contributed by atoms with Crippen LogP contribution in [-0.4, -0.2) is 49.5 Å². The van der Waals surface area contributed by atoms with Crippen molar-refractivity contribution in [3.63, 3.8) is 0 Å². The first-order valence-corrected chi connectivity index (χ1v) is 8.18. The highest BCUT2D eigenvalue weighted by Gasteiger charge is 2.59. The smallest absolute Gasteiger partial charge is 0.377 e. The van der Waals surface area contributed by atoms with E-state index in [0.717, 1.165) is 12.4 Å². The van der Waals surface area contributed by atoms with Crippen molar-refractivity contribution in [3.8, 4) is 0 Å². The maximum Gasteiger partial charge on any atom is 0.524 e. The van der Waals surface area contributed by atoms with Crippen LogP contribution in [0.1, 0.15) is 12.0 Å². The number of hydrogen-bond donors (Lipinski definition) is 1. The summed E-state index contributed by atoms with van der Waals surface area (Å²) in [5, 5.41) is 20.7. The number of hydrogen-bond acceptors (Lipinski definition) is 6. The highest BCUT2D eigenvalue weighted by molar-refractivity contribution is 6.02. The Morgan fingerprint density at radius 2 is 1.90 bits per heavy atom. The van der Waals surface area contributed by atoms with E-state index >= 15 is 8.78 Å². The number of tetrazole rings is 1. The number of benzene rings is 1. The van der Waals surface area contributed by atoms with Crippen LogP contribution in [0.15, 0.2) is 41.7 Å². The third kappa shape index (κ3) is 4.33. The Hall–Kier alpha value is -2.87. The fraction of sp³-hybridized carbons (Fsp3) is 0.375. The van der Waals surface area contributed by atoms with Crippen LogP contribution in [0.4, 0.5) is 30.7 Å². The lowest BCUT2D eigenvalue weighted by molar-refractivity contribution is -0.341. The average molecular weight is 439 g/mol. The highest BCUT2D eigenvalue weighted by Crippen LogP contribution is 2.43. The summed E-state index contributed by atoms with van der Waals surface area (Å²) < 4.78 is 100. The van der Waals surface area contributed by atoms with Crippen molar-refractivity contribution < 1.29 is 40.6 Å². The van der Waals surface area contributed by atoms with Gasteiger partial charge in [0, 0.05) is 18.1 Å². The number of alkyl halides is 5. The topological polar surface area (TPSA) is 85.4 Å². The Labute approximate surface area is 163 Å². The van der Waals surface area contributed by atoms with Crippen LogP contribution in [0.25, 0.3) is 0 Å². The predicted octanol–water partition coefficient (Wildman–Crippen LogP) is 2.74. The van der Waals surface area contributed by atoms with E-state index in [4.69, 9.17) is 0 Å². The molecule has 2 aromatic rings. The van der Waals surface area contributed by atoms with Gasteiger partial charge >= 0.3 is 12.3 Å². The molecule has 7 nitrogen and oxygen atoms in total. The number of dihydropyridines is 1. The maximum atomic E-state index is 15.4. The van der Waals surface area contributed by atoms with Crippen molar-refractivity contribution in [2.24, 2.45) is 4.99 Å². The summed E-state index contributed by atoms with van der Waals surface area (Å²) in [5.74, 6) is -7.09. The zero-order chi connectivity index (χ0) is 22.2. The van der Waals surface area contributed by atoms with Gasteiger partial charge in [0.25, 0.3) is 0 Å². The molecule has 0 bridgehead atoms. The van der Waals surface area contributed by atoms with Gasteiger partial charge in [-0.25, -0.2) is 13.5 Å². The lowest BCUT2D eigenvalue weighted by Crippen LogP contribution is -2.54. The summed E-state index contributed by atoms with van der Waals surface area (Å²) >= 11 is 0. The molecule has 1 aromatic carbocycles. The second-order valence-corrected chi connectivity index (χ2v) is 6.24. The molecular formula is C16H12F7N5O2. The highest BCUT2D eigenvalue weighted by atomic mass is 19.4. The Bertz CT molecular complexity index is 961. The molecule has 2 atom stereocenters. The van der Waals surface area contributed by atoms with Gasteiger partial charge in [-0.2, -0.15) is 8.78 Å². The van der Waals surface area contributed by atoms with Gasteiger partial charge in [0.2, 0.25) is 0 Å². The van der Waals surface area contributed by atoms with Gasteiger partial charge in [-0.15, -0.1) is 18.3 Å². The minimum absolute atomic E-state index is 0.268. The van der Waals surface area contributed by atoms with E-state index in [1.54, 1.807) is 0 Å². The molecule has 1 aliphatic heterocycles. The normalized spacial score (nSPS) is 19.5. The van der Waals surface area contributed by atoms with E-state index in [-0.39, 0.29) is 6.07 Å². The Kier molecular flexibility index (Phi) is 5.64. The largest absolute Gasteiger partial charge is 0.524 e. The van der Waals surface area contributed by atoms with Gasteiger partial charge in [0.05, 0.1) is 6.54 Å². The number of ether oxygens (including phenoxy) is 1. The standard InChI is InChI=1S/C16H12F7N5O2/c17-9-4-5-10(11(18)6-9)14(29,7-28-8-24-26-27-28)15(19,20)12-2-1-3-13(25-12)30-16(21,22)23/h1-2,4-6,8,13,29H,3,7H2/t13?,14-/m0/s1. The van der Waals surface area contributed by atoms with Gasteiger partial charge < -0.3 is 5.11 Å². The Balaban J connectivity index is 2.08. The molecule has 0 saturated carbocycles. The molecule has 1 N–H and O–H groups in total. The van der Waals surface area contributed by atoms with Crippen molar-refractivity contribution >= 4 is 5.71 Å². The molecule has 0 aliphatic carbocycles. The lowest BCUT2D eigenvalue weighted by atomic mass is 9.83. The molecule has 1 unspecified atom stereocenters. The number of rotatable bonds is 6. The molecule has 0 spiro atoms.